The van der Waals surface area contributed by atoms with E-state index in [0.29, 0.717) is 40.9 Å². The fourth-order valence-electron chi connectivity index (χ4n) is 3.96. The van der Waals surface area contributed by atoms with Gasteiger partial charge in [0.1, 0.15) is 4.90 Å². The SMILES string of the molecule is COc1cc(Br)c(S(=O)(=O)N2CC[C@H]3CCCC[C@@H]3C2)cc1OC. The molecule has 0 unspecified atom stereocenters. The highest BCUT2D eigenvalue weighted by Crippen LogP contribution is 2.40. The first-order valence-corrected chi connectivity index (χ1v) is 10.6. The van der Waals surface area contributed by atoms with Crippen molar-refractivity contribution in [3.05, 3.63) is 16.6 Å². The number of fused-ring (bicyclic) bond motifs is 1. The number of ether oxygens (including phenoxy) is 2. The molecule has 2 atom stereocenters. The first-order valence-electron chi connectivity index (χ1n) is 8.39. The standard InChI is InChI=1S/C17H24BrNO4S/c1-22-15-9-14(18)17(10-16(15)23-2)24(20,21)19-8-7-12-5-3-4-6-13(12)11-19/h9-10,12-13H,3-8,11H2,1-2H3/t12-,13-/m1/s1. The lowest BCUT2D eigenvalue weighted by atomic mass is 9.76. The molecule has 5 nitrogen and oxygen atoms in total. The van der Waals surface area contributed by atoms with Gasteiger partial charge in [0.15, 0.2) is 11.5 Å². The van der Waals surface area contributed by atoms with Crippen molar-refractivity contribution < 1.29 is 17.9 Å². The molecule has 1 heterocycles. The minimum atomic E-state index is -3.55. The molecule has 1 aliphatic heterocycles. The third-order valence-electron chi connectivity index (χ3n) is 5.31. The molecule has 0 bridgehead atoms. The molecule has 0 radical (unpaired) electrons. The third-order valence-corrected chi connectivity index (χ3v) is 8.13. The summed E-state index contributed by atoms with van der Waals surface area (Å²) in [6.45, 7) is 1.23. The molecular weight excluding hydrogens is 394 g/mol. The molecule has 0 aromatic heterocycles. The molecule has 2 aliphatic rings. The van der Waals surface area contributed by atoms with Crippen LogP contribution in [0.3, 0.4) is 0 Å². The molecule has 3 rings (SSSR count). The van der Waals surface area contributed by atoms with Gasteiger partial charge < -0.3 is 9.47 Å². The minimum Gasteiger partial charge on any atom is -0.493 e. The van der Waals surface area contributed by atoms with Gasteiger partial charge in [0.25, 0.3) is 0 Å². The van der Waals surface area contributed by atoms with E-state index in [1.54, 1.807) is 16.4 Å². The van der Waals surface area contributed by atoms with Crippen molar-refractivity contribution in [3.63, 3.8) is 0 Å². The van der Waals surface area contributed by atoms with Crippen molar-refractivity contribution in [2.24, 2.45) is 11.8 Å². The van der Waals surface area contributed by atoms with Gasteiger partial charge >= 0.3 is 0 Å². The Morgan fingerprint density at radius 3 is 2.33 bits per heavy atom. The van der Waals surface area contributed by atoms with Crippen LogP contribution < -0.4 is 9.47 Å². The number of hydrogen-bond acceptors (Lipinski definition) is 4. The van der Waals surface area contributed by atoms with Crippen molar-refractivity contribution in [1.29, 1.82) is 0 Å². The normalized spacial score (nSPS) is 25.1. The van der Waals surface area contributed by atoms with E-state index in [-0.39, 0.29) is 4.90 Å². The van der Waals surface area contributed by atoms with Gasteiger partial charge in [-0.1, -0.05) is 19.3 Å². The highest BCUT2D eigenvalue weighted by molar-refractivity contribution is 9.10. The molecule has 1 saturated carbocycles. The summed E-state index contributed by atoms with van der Waals surface area (Å²) in [4.78, 5) is 0.245. The molecule has 1 saturated heterocycles. The lowest BCUT2D eigenvalue weighted by Gasteiger charge is -2.40. The van der Waals surface area contributed by atoms with Crippen LogP contribution >= 0.6 is 15.9 Å². The summed E-state index contributed by atoms with van der Waals surface area (Å²) in [5.41, 5.74) is 0. The number of benzene rings is 1. The maximum atomic E-state index is 13.1. The summed E-state index contributed by atoms with van der Waals surface area (Å²) < 4.78 is 39.0. The van der Waals surface area contributed by atoms with Crippen LogP contribution in [-0.2, 0) is 10.0 Å². The van der Waals surface area contributed by atoms with Gasteiger partial charge in [0.2, 0.25) is 10.0 Å². The average molecular weight is 418 g/mol. The van der Waals surface area contributed by atoms with E-state index in [0.717, 1.165) is 12.8 Å². The van der Waals surface area contributed by atoms with Crippen molar-refractivity contribution >= 4 is 26.0 Å². The molecule has 0 N–H and O–H groups in total. The average Bonchev–Trinajstić information content (AvgIpc) is 2.60. The summed E-state index contributed by atoms with van der Waals surface area (Å²) in [5.74, 6) is 2.13. The predicted molar refractivity (Wildman–Crippen MR) is 96.1 cm³/mol. The number of sulfonamides is 1. The van der Waals surface area contributed by atoms with Gasteiger partial charge in [-0.15, -0.1) is 0 Å². The van der Waals surface area contributed by atoms with Gasteiger partial charge in [-0.05, 0) is 46.7 Å². The summed E-state index contributed by atoms with van der Waals surface area (Å²) in [6, 6.07) is 3.20. The van der Waals surface area contributed by atoms with Crippen molar-refractivity contribution in [2.75, 3.05) is 27.3 Å². The zero-order chi connectivity index (χ0) is 17.3. The molecule has 134 valence electrons. The number of piperidine rings is 1. The van der Waals surface area contributed by atoms with Crippen LogP contribution in [0.5, 0.6) is 11.5 Å². The van der Waals surface area contributed by atoms with Crippen LogP contribution in [0.2, 0.25) is 0 Å². The van der Waals surface area contributed by atoms with Gasteiger partial charge in [-0.3, -0.25) is 0 Å². The second-order valence-corrected chi connectivity index (χ2v) is 9.35. The highest BCUT2D eigenvalue weighted by atomic mass is 79.9. The molecule has 0 spiro atoms. The maximum Gasteiger partial charge on any atom is 0.244 e. The van der Waals surface area contributed by atoms with E-state index in [4.69, 9.17) is 9.47 Å². The Kier molecular flexibility index (Phi) is 5.42. The first kappa shape index (κ1) is 18.0. The van der Waals surface area contributed by atoms with E-state index in [2.05, 4.69) is 15.9 Å². The molecule has 1 aromatic rings. The zero-order valence-electron chi connectivity index (χ0n) is 14.1. The highest BCUT2D eigenvalue weighted by Gasteiger charge is 2.37. The first-order chi connectivity index (χ1) is 11.5. The van der Waals surface area contributed by atoms with Crippen LogP contribution in [0.1, 0.15) is 32.1 Å². The number of methoxy groups -OCH3 is 2. The number of halogens is 1. The molecule has 1 aromatic carbocycles. The van der Waals surface area contributed by atoms with Crippen molar-refractivity contribution in [2.45, 2.75) is 37.0 Å². The van der Waals surface area contributed by atoms with E-state index < -0.39 is 10.0 Å². The smallest absolute Gasteiger partial charge is 0.244 e. The second kappa shape index (κ2) is 7.22. The van der Waals surface area contributed by atoms with Crippen LogP contribution in [0.25, 0.3) is 0 Å². The van der Waals surface area contributed by atoms with Crippen LogP contribution in [0.4, 0.5) is 0 Å². The quantitative estimate of drug-likeness (QED) is 0.749. The Hall–Kier alpha value is -0.790. The molecule has 7 heteroatoms. The van der Waals surface area contributed by atoms with E-state index in [9.17, 15) is 8.42 Å². The summed E-state index contributed by atoms with van der Waals surface area (Å²) in [6.07, 6.45) is 5.86. The maximum absolute atomic E-state index is 13.1. The van der Waals surface area contributed by atoms with E-state index in [1.807, 2.05) is 0 Å². The molecule has 0 amide bonds. The largest absolute Gasteiger partial charge is 0.493 e. The van der Waals surface area contributed by atoms with E-state index >= 15 is 0 Å². The molecular formula is C17H24BrNO4S. The van der Waals surface area contributed by atoms with Crippen LogP contribution in [0.15, 0.2) is 21.5 Å². The lowest BCUT2D eigenvalue weighted by molar-refractivity contribution is 0.136. The number of nitrogens with zero attached hydrogens (tertiary/aromatic N) is 1. The Labute approximate surface area is 152 Å². The topological polar surface area (TPSA) is 55.8 Å². The fraction of sp³-hybridized carbons (Fsp3) is 0.647. The predicted octanol–water partition coefficient (Wildman–Crippen LogP) is 3.67. The van der Waals surface area contributed by atoms with Gasteiger partial charge in [-0.2, -0.15) is 4.31 Å². The van der Waals surface area contributed by atoms with Gasteiger partial charge in [0.05, 0.1) is 14.2 Å². The summed E-state index contributed by atoms with van der Waals surface area (Å²) in [5, 5.41) is 0. The summed E-state index contributed by atoms with van der Waals surface area (Å²) >= 11 is 3.38. The van der Waals surface area contributed by atoms with Crippen LogP contribution in [-0.4, -0.2) is 40.0 Å². The Bertz CT molecular complexity index is 707. The third kappa shape index (κ3) is 3.30. The Morgan fingerprint density at radius 1 is 1.04 bits per heavy atom. The molecule has 1 aliphatic carbocycles. The van der Waals surface area contributed by atoms with Crippen molar-refractivity contribution in [3.8, 4) is 11.5 Å². The molecule has 24 heavy (non-hydrogen) atoms. The van der Waals surface area contributed by atoms with Gasteiger partial charge in [0, 0.05) is 23.6 Å². The minimum absolute atomic E-state index is 0.245. The number of rotatable bonds is 4. The van der Waals surface area contributed by atoms with E-state index in [1.165, 1.54) is 33.5 Å². The Morgan fingerprint density at radius 2 is 1.67 bits per heavy atom. The second-order valence-electron chi connectivity index (χ2n) is 6.59. The fourth-order valence-corrected chi connectivity index (χ4v) is 6.47. The van der Waals surface area contributed by atoms with Crippen LogP contribution in [0, 0.1) is 11.8 Å². The summed E-state index contributed by atoms with van der Waals surface area (Å²) in [7, 11) is -0.506. The number of hydrogen-bond donors (Lipinski definition) is 0. The van der Waals surface area contributed by atoms with Crippen molar-refractivity contribution in [1.82, 2.24) is 4.31 Å². The Balaban J connectivity index is 1.90. The zero-order valence-corrected chi connectivity index (χ0v) is 16.5. The molecule has 2 fully saturated rings. The lowest BCUT2D eigenvalue weighted by Crippen LogP contribution is -2.44. The van der Waals surface area contributed by atoms with Gasteiger partial charge in [-0.25, -0.2) is 8.42 Å². The monoisotopic (exact) mass is 417 g/mol.